The zero-order valence-corrected chi connectivity index (χ0v) is 20.2. The number of aromatic hydroxyl groups is 1. The largest absolute Gasteiger partial charge is 0.493 e. The van der Waals surface area contributed by atoms with Crippen molar-refractivity contribution in [1.29, 1.82) is 0 Å². The number of hydrogen-bond acceptors (Lipinski definition) is 10. The molecule has 2 saturated heterocycles. The van der Waals surface area contributed by atoms with E-state index in [9.17, 15) is 19.5 Å². The first kappa shape index (κ1) is 25.6. The molecule has 2 aromatic rings. The zero-order chi connectivity index (χ0) is 26.0. The molecular formula is C24H29N3O9. The Hall–Kier alpha value is -3.48. The Bertz CT molecular complexity index is 1120. The molecule has 12 heteroatoms. The van der Waals surface area contributed by atoms with Crippen LogP contribution in [0.1, 0.15) is 49.5 Å². The average Bonchev–Trinajstić information content (AvgIpc) is 3.46. The van der Waals surface area contributed by atoms with Gasteiger partial charge in [0.1, 0.15) is 37.9 Å². The number of nitrogens with two attached hydrogens (primary N) is 1. The molecule has 4 rings (SSSR count). The first-order chi connectivity index (χ1) is 17.1. The fraction of sp³-hybridized carbons (Fsp3) is 0.500. The maximum Gasteiger partial charge on any atom is 0.309 e. The summed E-state index contributed by atoms with van der Waals surface area (Å²) < 4.78 is 29.7. The third-order valence-electron chi connectivity index (χ3n) is 5.91. The van der Waals surface area contributed by atoms with Gasteiger partial charge in [-0.1, -0.05) is 37.3 Å². The predicted molar refractivity (Wildman–Crippen MR) is 121 cm³/mol. The lowest BCUT2D eigenvalue weighted by Crippen LogP contribution is -2.34. The third-order valence-corrected chi connectivity index (χ3v) is 5.91. The summed E-state index contributed by atoms with van der Waals surface area (Å²) in [5.41, 5.74) is 5.77. The minimum atomic E-state index is -0.960. The normalized spacial score (nSPS) is 25.2. The van der Waals surface area contributed by atoms with Crippen molar-refractivity contribution in [2.75, 3.05) is 6.61 Å². The number of carbonyl (C=O) groups is 3. The van der Waals surface area contributed by atoms with Crippen molar-refractivity contribution in [2.24, 2.45) is 11.7 Å². The van der Waals surface area contributed by atoms with Gasteiger partial charge in [0.2, 0.25) is 5.88 Å². The highest BCUT2D eigenvalue weighted by atomic mass is 16.8. The molecule has 12 nitrogen and oxygen atoms in total. The van der Waals surface area contributed by atoms with Gasteiger partial charge in [-0.2, -0.15) is 0 Å². The molecule has 194 valence electrons. The number of hydrogen-bond donors (Lipinski definition) is 2. The van der Waals surface area contributed by atoms with Gasteiger partial charge in [0.25, 0.3) is 5.91 Å². The number of imidazole rings is 1. The van der Waals surface area contributed by atoms with Crippen LogP contribution in [-0.2, 0) is 39.9 Å². The second-order valence-electron chi connectivity index (χ2n) is 9.20. The summed E-state index contributed by atoms with van der Waals surface area (Å²) in [5, 5.41) is 10.4. The quantitative estimate of drug-likeness (QED) is 0.479. The predicted octanol–water partition coefficient (Wildman–Crippen LogP) is 1.42. The number of ether oxygens (including phenoxy) is 5. The molecule has 0 radical (unpaired) electrons. The monoisotopic (exact) mass is 503 g/mol. The number of nitrogens with zero attached hydrogens (tertiary/aromatic N) is 2. The van der Waals surface area contributed by atoms with E-state index in [1.54, 1.807) is 20.8 Å². The molecule has 2 fully saturated rings. The number of esters is 2. The van der Waals surface area contributed by atoms with Crippen molar-refractivity contribution in [3.05, 3.63) is 47.9 Å². The standard InChI is InChI=1S/C24H29N3O9/c1-13(9-16(28)32-10-14-7-5-4-6-8-14)23(31)33-11-15-18-19(36-24(2,3)35-18)22(34-15)27-12-26-17(20(25)29)21(27)30/h4-8,12-13,15,18-19,22,30H,9-11H2,1-3H3,(H2,25,29)/t13-,15?,18?,19?,22?/m0/s1. The van der Waals surface area contributed by atoms with Crippen LogP contribution >= 0.6 is 0 Å². The second-order valence-corrected chi connectivity index (χ2v) is 9.20. The van der Waals surface area contributed by atoms with Gasteiger partial charge in [-0.3, -0.25) is 19.0 Å². The molecule has 1 aromatic carbocycles. The minimum absolute atomic E-state index is 0.119. The van der Waals surface area contributed by atoms with E-state index in [4.69, 9.17) is 29.4 Å². The van der Waals surface area contributed by atoms with Crippen molar-refractivity contribution < 1.29 is 43.2 Å². The van der Waals surface area contributed by atoms with Crippen molar-refractivity contribution in [1.82, 2.24) is 9.55 Å². The molecule has 3 heterocycles. The van der Waals surface area contributed by atoms with Crippen LogP contribution in [0.2, 0.25) is 0 Å². The van der Waals surface area contributed by atoms with Gasteiger partial charge in [-0.15, -0.1) is 0 Å². The van der Waals surface area contributed by atoms with Crippen LogP contribution in [0.25, 0.3) is 0 Å². The molecule has 1 aromatic heterocycles. The van der Waals surface area contributed by atoms with Crippen LogP contribution in [0.3, 0.4) is 0 Å². The van der Waals surface area contributed by atoms with Gasteiger partial charge < -0.3 is 34.5 Å². The summed E-state index contributed by atoms with van der Waals surface area (Å²) in [6, 6.07) is 9.22. The Kier molecular flexibility index (Phi) is 7.29. The summed E-state index contributed by atoms with van der Waals surface area (Å²) in [4.78, 5) is 40.0. The summed E-state index contributed by atoms with van der Waals surface area (Å²) in [7, 11) is 0. The van der Waals surface area contributed by atoms with Gasteiger partial charge in [-0.25, -0.2) is 4.98 Å². The molecule has 1 amide bonds. The van der Waals surface area contributed by atoms with E-state index in [0.717, 1.165) is 5.56 Å². The molecule has 2 aliphatic heterocycles. The van der Waals surface area contributed by atoms with Crippen LogP contribution < -0.4 is 5.73 Å². The molecule has 2 aliphatic rings. The number of amides is 1. The number of aromatic nitrogens is 2. The van der Waals surface area contributed by atoms with Crippen LogP contribution in [0.4, 0.5) is 0 Å². The van der Waals surface area contributed by atoms with Gasteiger partial charge in [0.05, 0.1) is 12.3 Å². The minimum Gasteiger partial charge on any atom is -0.493 e. The molecule has 0 aliphatic carbocycles. The fourth-order valence-electron chi connectivity index (χ4n) is 4.17. The van der Waals surface area contributed by atoms with Gasteiger partial charge in [0, 0.05) is 0 Å². The van der Waals surface area contributed by atoms with E-state index in [1.165, 1.54) is 10.9 Å². The van der Waals surface area contributed by atoms with Gasteiger partial charge >= 0.3 is 11.9 Å². The van der Waals surface area contributed by atoms with Gasteiger partial charge in [-0.05, 0) is 19.4 Å². The van der Waals surface area contributed by atoms with Gasteiger partial charge in [0.15, 0.2) is 17.7 Å². The Balaban J connectivity index is 1.34. The zero-order valence-electron chi connectivity index (χ0n) is 20.2. The number of primary amides is 1. The smallest absolute Gasteiger partial charge is 0.309 e. The Morgan fingerprint density at radius 3 is 2.53 bits per heavy atom. The van der Waals surface area contributed by atoms with E-state index < -0.39 is 60.0 Å². The second kappa shape index (κ2) is 10.2. The SMILES string of the molecule is C[C@@H](CC(=O)OCc1ccccc1)C(=O)OCC1OC(n2cnc(C(N)=O)c2O)C2OC(C)(C)OC12. The average molecular weight is 504 g/mol. The molecular weight excluding hydrogens is 474 g/mol. The summed E-state index contributed by atoms with van der Waals surface area (Å²) in [5.74, 6) is -4.19. The van der Waals surface area contributed by atoms with E-state index in [0.29, 0.717) is 0 Å². The molecule has 5 atom stereocenters. The third kappa shape index (κ3) is 5.50. The first-order valence-corrected chi connectivity index (χ1v) is 11.5. The van der Waals surface area contributed by atoms with E-state index in [-0.39, 0.29) is 25.3 Å². The topological polar surface area (TPSA) is 161 Å². The highest BCUT2D eigenvalue weighted by molar-refractivity contribution is 5.93. The molecule has 3 N–H and O–H groups in total. The lowest BCUT2D eigenvalue weighted by molar-refractivity contribution is -0.203. The highest BCUT2D eigenvalue weighted by Crippen LogP contribution is 2.44. The van der Waals surface area contributed by atoms with E-state index in [2.05, 4.69) is 4.98 Å². The number of carbonyl (C=O) groups excluding carboxylic acids is 3. The summed E-state index contributed by atoms with van der Waals surface area (Å²) >= 11 is 0. The first-order valence-electron chi connectivity index (χ1n) is 11.5. The molecule has 4 unspecified atom stereocenters. The van der Waals surface area contributed by atoms with Crippen LogP contribution in [0.15, 0.2) is 36.7 Å². The highest BCUT2D eigenvalue weighted by Gasteiger charge is 2.56. The van der Waals surface area contributed by atoms with Crippen LogP contribution in [0.5, 0.6) is 5.88 Å². The molecule has 36 heavy (non-hydrogen) atoms. The Labute approximate surface area is 207 Å². The summed E-state index contributed by atoms with van der Waals surface area (Å²) in [6.45, 7) is 4.94. The Morgan fingerprint density at radius 2 is 1.86 bits per heavy atom. The molecule has 0 bridgehead atoms. The lowest BCUT2D eigenvalue weighted by Gasteiger charge is -2.25. The number of fused-ring (bicyclic) bond motifs is 1. The van der Waals surface area contributed by atoms with Crippen molar-refractivity contribution in [3.63, 3.8) is 0 Å². The number of rotatable bonds is 9. The number of benzene rings is 1. The van der Waals surface area contributed by atoms with Crippen molar-refractivity contribution in [2.45, 2.75) is 64.1 Å². The molecule has 0 spiro atoms. The van der Waals surface area contributed by atoms with Crippen LogP contribution in [-0.4, -0.2) is 63.2 Å². The van der Waals surface area contributed by atoms with Crippen LogP contribution in [0, 0.1) is 5.92 Å². The fourth-order valence-corrected chi connectivity index (χ4v) is 4.17. The maximum atomic E-state index is 12.5. The maximum absolute atomic E-state index is 12.5. The van der Waals surface area contributed by atoms with E-state index in [1.807, 2.05) is 30.3 Å². The summed E-state index contributed by atoms with van der Waals surface area (Å²) in [6.07, 6.45) is -1.91. The van der Waals surface area contributed by atoms with Crippen molar-refractivity contribution in [3.8, 4) is 5.88 Å². The van der Waals surface area contributed by atoms with Crippen molar-refractivity contribution >= 4 is 17.8 Å². The van der Waals surface area contributed by atoms with E-state index >= 15 is 0 Å². The lowest BCUT2D eigenvalue weighted by atomic mass is 10.1. The Morgan fingerprint density at radius 1 is 1.17 bits per heavy atom. The molecule has 0 saturated carbocycles.